The van der Waals surface area contributed by atoms with Crippen molar-refractivity contribution in [2.45, 2.75) is 33.0 Å². The Hall–Kier alpha value is -3.82. The van der Waals surface area contributed by atoms with Crippen molar-refractivity contribution in [1.82, 2.24) is 21.0 Å². The van der Waals surface area contributed by atoms with Crippen molar-refractivity contribution >= 4 is 59.1 Å². The van der Waals surface area contributed by atoms with Crippen LogP contribution in [0.5, 0.6) is 23.0 Å². The molecule has 206 valence electrons. The van der Waals surface area contributed by atoms with Gasteiger partial charge in [-0.15, -0.1) is 10.2 Å². The second-order valence-electron chi connectivity index (χ2n) is 7.62. The monoisotopic (exact) mass is 590 g/mol. The highest BCUT2D eigenvalue weighted by atomic mass is 32.2. The second-order valence-corrected chi connectivity index (χ2v) is 11.8. The highest BCUT2D eigenvalue weighted by Crippen LogP contribution is 2.33. The molecule has 12 nitrogen and oxygen atoms in total. The van der Waals surface area contributed by atoms with Crippen LogP contribution in [0.1, 0.15) is 25.0 Å². The summed E-state index contributed by atoms with van der Waals surface area (Å²) in [5, 5.41) is 35.1. The van der Waals surface area contributed by atoms with Crippen LogP contribution >= 0.6 is 34.9 Å². The third kappa shape index (κ3) is 8.33. The van der Waals surface area contributed by atoms with Gasteiger partial charge in [0.1, 0.15) is 0 Å². The maximum absolute atomic E-state index is 12.4. The van der Waals surface area contributed by atoms with E-state index in [1.165, 1.54) is 61.5 Å². The van der Waals surface area contributed by atoms with E-state index in [1.807, 2.05) is 0 Å². The van der Waals surface area contributed by atoms with Gasteiger partial charge in [-0.2, -0.15) is 10.2 Å². The second kappa shape index (κ2) is 14.4. The number of aromatic hydroxyl groups is 2. The van der Waals surface area contributed by atoms with E-state index in [-0.39, 0.29) is 23.3 Å². The van der Waals surface area contributed by atoms with Crippen molar-refractivity contribution < 1.29 is 29.3 Å². The lowest BCUT2D eigenvalue weighted by molar-refractivity contribution is -0.121. The number of thioether (sulfide) groups is 2. The number of methoxy groups -OCH3 is 2. The van der Waals surface area contributed by atoms with Crippen LogP contribution in [0, 0.1) is 0 Å². The average Bonchev–Trinajstić information content (AvgIpc) is 3.36. The molecule has 4 N–H and O–H groups in total. The molecule has 2 amide bonds. The summed E-state index contributed by atoms with van der Waals surface area (Å²) in [6.45, 7) is 3.39. The zero-order valence-corrected chi connectivity index (χ0v) is 23.8. The van der Waals surface area contributed by atoms with E-state index in [0.29, 0.717) is 31.3 Å². The summed E-state index contributed by atoms with van der Waals surface area (Å²) in [6, 6.07) is 9.86. The molecule has 39 heavy (non-hydrogen) atoms. The number of rotatable bonds is 12. The van der Waals surface area contributed by atoms with Crippen LogP contribution in [0.25, 0.3) is 0 Å². The molecule has 0 saturated heterocycles. The van der Waals surface area contributed by atoms with Gasteiger partial charge >= 0.3 is 0 Å². The fraction of sp³-hybridized carbons (Fsp3) is 0.250. The number of hydrazone groups is 2. The number of nitrogens with one attached hydrogen (secondary N) is 2. The van der Waals surface area contributed by atoms with Crippen LogP contribution < -0.4 is 20.3 Å². The predicted octanol–water partition coefficient (Wildman–Crippen LogP) is 3.23. The SMILES string of the molecule is COc1cccc(C=NNC(=O)C(C)Sc2nnc(SC(C)C(=O)NN=Cc3cccc(OC)c3O)s2)c1O. The first kappa shape index (κ1) is 29.7. The van der Waals surface area contributed by atoms with Crippen molar-refractivity contribution in [3.05, 3.63) is 47.5 Å². The van der Waals surface area contributed by atoms with Gasteiger partial charge in [0.25, 0.3) is 11.8 Å². The molecule has 15 heteroatoms. The molecule has 3 aromatic rings. The Morgan fingerprint density at radius 3 is 1.64 bits per heavy atom. The van der Waals surface area contributed by atoms with E-state index < -0.39 is 10.5 Å². The molecule has 0 aliphatic heterocycles. The molecule has 2 atom stereocenters. The van der Waals surface area contributed by atoms with E-state index in [1.54, 1.807) is 50.2 Å². The third-order valence-electron chi connectivity index (χ3n) is 4.94. The molecule has 1 aromatic heterocycles. The molecule has 0 spiro atoms. The Bertz CT molecular complexity index is 1270. The Morgan fingerprint density at radius 1 is 0.846 bits per heavy atom. The molecular formula is C24H26N6O6S3. The number of hydrogen-bond donors (Lipinski definition) is 4. The first-order valence-electron chi connectivity index (χ1n) is 11.3. The molecule has 0 fully saturated rings. The summed E-state index contributed by atoms with van der Waals surface area (Å²) in [5.41, 5.74) is 5.65. The number of para-hydroxylation sites is 2. The molecule has 1 heterocycles. The summed E-state index contributed by atoms with van der Waals surface area (Å²) in [7, 11) is 2.88. The molecule has 2 unspecified atom stereocenters. The van der Waals surface area contributed by atoms with E-state index in [2.05, 4.69) is 31.3 Å². The van der Waals surface area contributed by atoms with Gasteiger partial charge in [0.2, 0.25) is 0 Å². The quantitative estimate of drug-likeness (QED) is 0.140. The van der Waals surface area contributed by atoms with Crippen molar-refractivity contribution in [3.8, 4) is 23.0 Å². The molecule has 0 radical (unpaired) electrons. The fourth-order valence-electron chi connectivity index (χ4n) is 2.83. The van der Waals surface area contributed by atoms with E-state index in [9.17, 15) is 19.8 Å². The first-order chi connectivity index (χ1) is 18.7. The summed E-state index contributed by atoms with van der Waals surface area (Å²) in [4.78, 5) is 24.8. The lowest BCUT2D eigenvalue weighted by Crippen LogP contribution is -2.26. The van der Waals surface area contributed by atoms with Gasteiger partial charge in [0, 0.05) is 11.1 Å². The van der Waals surface area contributed by atoms with E-state index in [0.717, 1.165) is 0 Å². The van der Waals surface area contributed by atoms with Gasteiger partial charge in [-0.1, -0.05) is 47.0 Å². The van der Waals surface area contributed by atoms with Crippen molar-refractivity contribution in [3.63, 3.8) is 0 Å². The number of carbonyl (C=O) groups is 2. The predicted molar refractivity (Wildman–Crippen MR) is 151 cm³/mol. The zero-order valence-electron chi connectivity index (χ0n) is 21.3. The molecule has 0 saturated carbocycles. The Balaban J connectivity index is 1.47. The smallest absolute Gasteiger partial charge is 0.253 e. The minimum absolute atomic E-state index is 0.0785. The van der Waals surface area contributed by atoms with Gasteiger partial charge in [0.05, 0.1) is 37.1 Å². The van der Waals surface area contributed by atoms with Gasteiger partial charge < -0.3 is 19.7 Å². The highest BCUT2D eigenvalue weighted by Gasteiger charge is 2.20. The number of amides is 2. The van der Waals surface area contributed by atoms with Crippen LogP contribution in [0.3, 0.4) is 0 Å². The summed E-state index contributed by atoms with van der Waals surface area (Å²) >= 11 is 3.65. The number of phenolic OH excluding ortho intramolecular Hbond substituents is 2. The Labute approximate surface area is 236 Å². The lowest BCUT2D eigenvalue weighted by atomic mass is 10.2. The number of aromatic nitrogens is 2. The number of hydrogen-bond acceptors (Lipinski definition) is 13. The average molecular weight is 591 g/mol. The highest BCUT2D eigenvalue weighted by molar-refractivity contribution is 8.04. The Morgan fingerprint density at radius 2 is 1.26 bits per heavy atom. The molecule has 0 bridgehead atoms. The molecule has 0 aliphatic carbocycles. The first-order valence-corrected chi connectivity index (χ1v) is 13.9. The molecular weight excluding hydrogens is 565 g/mol. The maximum Gasteiger partial charge on any atom is 0.253 e. The maximum atomic E-state index is 12.4. The van der Waals surface area contributed by atoms with E-state index in [4.69, 9.17) is 9.47 Å². The number of nitrogens with zero attached hydrogens (tertiary/aromatic N) is 4. The topological polar surface area (TPSA) is 168 Å². The normalized spacial score (nSPS) is 12.8. The summed E-state index contributed by atoms with van der Waals surface area (Å²) in [5.74, 6) is -0.291. The fourth-order valence-corrected chi connectivity index (χ4v) is 6.13. The molecule has 3 rings (SSSR count). The summed E-state index contributed by atoms with van der Waals surface area (Å²) in [6.07, 6.45) is 2.64. The van der Waals surface area contributed by atoms with E-state index >= 15 is 0 Å². The van der Waals surface area contributed by atoms with Crippen LogP contribution in [-0.4, -0.2) is 69.4 Å². The minimum atomic E-state index is -0.532. The largest absolute Gasteiger partial charge is 0.504 e. The minimum Gasteiger partial charge on any atom is -0.504 e. The zero-order chi connectivity index (χ0) is 28.4. The standard InChI is InChI=1S/C24H26N6O6S3/c1-13(21(33)27-25-11-15-7-5-9-17(35-3)19(15)31)37-23-29-30-24(39-23)38-14(2)22(34)28-26-12-16-8-6-10-18(36-4)20(16)32/h5-14,31-32H,1-4H3,(H,27,33)(H,28,34). The number of ether oxygens (including phenoxy) is 2. The molecule has 2 aromatic carbocycles. The van der Waals surface area contributed by atoms with Gasteiger partial charge in [0.15, 0.2) is 31.7 Å². The van der Waals surface area contributed by atoms with Crippen molar-refractivity contribution in [1.29, 1.82) is 0 Å². The third-order valence-corrected chi connectivity index (χ3v) is 8.23. The number of benzene rings is 2. The van der Waals surface area contributed by atoms with Crippen molar-refractivity contribution in [2.75, 3.05) is 14.2 Å². The molecule has 0 aliphatic rings. The number of phenols is 2. The lowest BCUT2D eigenvalue weighted by Gasteiger charge is -2.08. The van der Waals surface area contributed by atoms with Gasteiger partial charge in [-0.25, -0.2) is 10.9 Å². The Kier molecular flexibility index (Phi) is 11.0. The van der Waals surface area contributed by atoms with Crippen LogP contribution in [0.4, 0.5) is 0 Å². The van der Waals surface area contributed by atoms with Crippen molar-refractivity contribution in [2.24, 2.45) is 10.2 Å². The van der Waals surface area contributed by atoms with Crippen LogP contribution in [0.2, 0.25) is 0 Å². The van der Waals surface area contributed by atoms with Crippen LogP contribution in [-0.2, 0) is 9.59 Å². The number of carbonyl (C=O) groups excluding carboxylic acids is 2. The summed E-state index contributed by atoms with van der Waals surface area (Å²) < 4.78 is 11.2. The van der Waals surface area contributed by atoms with Gasteiger partial charge in [-0.05, 0) is 38.1 Å². The van der Waals surface area contributed by atoms with Gasteiger partial charge in [-0.3, -0.25) is 9.59 Å². The van der Waals surface area contributed by atoms with Crippen LogP contribution in [0.15, 0.2) is 55.3 Å².